The summed E-state index contributed by atoms with van der Waals surface area (Å²) in [5, 5.41) is 11.1. The predicted molar refractivity (Wildman–Crippen MR) is 80.2 cm³/mol. The highest BCUT2D eigenvalue weighted by Crippen LogP contribution is 2.30. The highest BCUT2D eigenvalue weighted by Gasteiger charge is 2.33. The Morgan fingerprint density at radius 1 is 1.43 bits per heavy atom. The van der Waals surface area contributed by atoms with Crippen LogP contribution in [0.15, 0.2) is 23.1 Å². The van der Waals surface area contributed by atoms with Gasteiger partial charge in [-0.3, -0.25) is 16.0 Å². The molecule has 0 saturated carbocycles. The molecule has 1 unspecified atom stereocenters. The number of hydrogen-bond acceptors (Lipinski definition) is 6. The maximum Gasteiger partial charge on any atom is 0.289 e. The van der Waals surface area contributed by atoms with Crippen molar-refractivity contribution in [2.75, 3.05) is 12.0 Å². The van der Waals surface area contributed by atoms with Gasteiger partial charge >= 0.3 is 0 Å². The third kappa shape index (κ3) is 3.49. The number of nitrogens with one attached hydrogen (secondary N) is 1. The average molecular weight is 316 g/mol. The molecule has 9 heteroatoms. The first kappa shape index (κ1) is 17.3. The van der Waals surface area contributed by atoms with Gasteiger partial charge in [-0.1, -0.05) is 13.8 Å². The summed E-state index contributed by atoms with van der Waals surface area (Å²) in [4.78, 5) is 10.0. The van der Waals surface area contributed by atoms with Gasteiger partial charge in [0.2, 0.25) is 10.0 Å². The summed E-state index contributed by atoms with van der Waals surface area (Å²) in [5.41, 5.74) is 2.13. The van der Waals surface area contributed by atoms with E-state index in [1.54, 1.807) is 13.8 Å². The Morgan fingerprint density at radius 3 is 2.48 bits per heavy atom. The smallest absolute Gasteiger partial charge is 0.289 e. The fourth-order valence-electron chi connectivity index (χ4n) is 2.01. The second-order valence-electron chi connectivity index (χ2n) is 4.55. The Morgan fingerprint density at radius 2 is 2.05 bits per heavy atom. The van der Waals surface area contributed by atoms with E-state index >= 15 is 0 Å². The number of anilines is 1. The number of nitrogen functional groups attached to an aromatic ring is 1. The number of nitrogens with zero attached hydrogens (tertiary/aromatic N) is 2. The topological polar surface area (TPSA) is 119 Å². The molecule has 1 rings (SSSR count). The van der Waals surface area contributed by atoms with Crippen LogP contribution < -0.4 is 11.3 Å². The molecular weight excluding hydrogens is 296 g/mol. The molecular formula is C12H20N4O4S. The van der Waals surface area contributed by atoms with Crippen LogP contribution in [0.25, 0.3) is 0 Å². The largest absolute Gasteiger partial charge is 0.324 e. The van der Waals surface area contributed by atoms with E-state index in [-0.39, 0.29) is 17.5 Å². The highest BCUT2D eigenvalue weighted by molar-refractivity contribution is 7.89. The minimum absolute atomic E-state index is 0.231. The normalized spacial score (nSPS) is 13.2. The summed E-state index contributed by atoms with van der Waals surface area (Å²) in [6.07, 6.45) is 0.607. The Balaban J connectivity index is 3.51. The van der Waals surface area contributed by atoms with Crippen molar-refractivity contribution in [3.05, 3.63) is 28.3 Å². The van der Waals surface area contributed by atoms with Crippen LogP contribution in [0.3, 0.4) is 0 Å². The van der Waals surface area contributed by atoms with Crippen LogP contribution in [-0.4, -0.2) is 30.2 Å². The van der Waals surface area contributed by atoms with E-state index in [0.717, 1.165) is 6.07 Å². The third-order valence-electron chi connectivity index (χ3n) is 3.30. The molecule has 0 saturated heterocycles. The number of rotatable bonds is 7. The molecule has 1 aromatic rings. The number of hydrazine groups is 1. The van der Waals surface area contributed by atoms with E-state index < -0.39 is 20.6 Å². The maximum atomic E-state index is 12.7. The lowest BCUT2D eigenvalue weighted by Crippen LogP contribution is -2.38. The van der Waals surface area contributed by atoms with E-state index in [1.165, 1.54) is 16.4 Å². The third-order valence-corrected chi connectivity index (χ3v) is 5.42. The van der Waals surface area contributed by atoms with Crippen LogP contribution in [0.5, 0.6) is 0 Å². The van der Waals surface area contributed by atoms with Gasteiger partial charge in [-0.2, -0.15) is 4.31 Å². The van der Waals surface area contributed by atoms with Gasteiger partial charge in [-0.15, -0.1) is 0 Å². The Bertz CT molecular complexity index is 618. The second-order valence-corrected chi connectivity index (χ2v) is 6.41. The minimum atomic E-state index is -3.97. The SMILES string of the molecule is CCC(C)N(CC)S(=O)(=O)c1cc(NN)ccc1[N+](=O)[O-]. The van der Waals surface area contributed by atoms with Crippen LogP contribution in [-0.2, 0) is 10.0 Å². The first-order valence-electron chi connectivity index (χ1n) is 6.56. The van der Waals surface area contributed by atoms with Gasteiger partial charge in [0.05, 0.1) is 10.6 Å². The number of benzene rings is 1. The molecule has 0 spiro atoms. The van der Waals surface area contributed by atoms with E-state index in [2.05, 4.69) is 5.43 Å². The van der Waals surface area contributed by atoms with Crippen molar-refractivity contribution in [1.82, 2.24) is 4.31 Å². The number of hydrogen-bond donors (Lipinski definition) is 2. The Hall–Kier alpha value is -1.71. The Labute approximate surface area is 124 Å². The van der Waals surface area contributed by atoms with Gasteiger partial charge < -0.3 is 5.43 Å². The van der Waals surface area contributed by atoms with Gasteiger partial charge in [0.25, 0.3) is 5.69 Å². The van der Waals surface area contributed by atoms with Crippen LogP contribution >= 0.6 is 0 Å². The summed E-state index contributed by atoms with van der Waals surface area (Å²) >= 11 is 0. The monoisotopic (exact) mass is 316 g/mol. The fourth-order valence-corrected chi connectivity index (χ4v) is 3.91. The molecule has 0 aliphatic carbocycles. The number of nitrogens with two attached hydrogens (primary N) is 1. The lowest BCUT2D eigenvalue weighted by atomic mass is 10.3. The lowest BCUT2D eigenvalue weighted by Gasteiger charge is -2.26. The first-order valence-corrected chi connectivity index (χ1v) is 8.00. The molecule has 21 heavy (non-hydrogen) atoms. The van der Waals surface area contributed by atoms with E-state index in [9.17, 15) is 18.5 Å². The van der Waals surface area contributed by atoms with Crippen molar-refractivity contribution in [3.8, 4) is 0 Å². The standard InChI is InChI=1S/C12H20N4O4S/c1-4-9(3)15(5-2)21(19,20)12-8-10(14-13)6-7-11(12)16(17)18/h6-9,14H,4-5,13H2,1-3H3. The molecule has 8 nitrogen and oxygen atoms in total. The van der Waals surface area contributed by atoms with E-state index in [1.807, 2.05) is 6.92 Å². The van der Waals surface area contributed by atoms with Crippen molar-refractivity contribution in [2.24, 2.45) is 5.84 Å². The van der Waals surface area contributed by atoms with E-state index in [4.69, 9.17) is 5.84 Å². The molecule has 3 N–H and O–H groups in total. The van der Waals surface area contributed by atoms with Crippen molar-refractivity contribution in [1.29, 1.82) is 0 Å². The van der Waals surface area contributed by atoms with Crippen LogP contribution in [0.4, 0.5) is 11.4 Å². The van der Waals surface area contributed by atoms with Gasteiger partial charge in [-0.25, -0.2) is 8.42 Å². The van der Waals surface area contributed by atoms with Gasteiger partial charge in [0.1, 0.15) is 0 Å². The van der Waals surface area contributed by atoms with Gasteiger partial charge in [0.15, 0.2) is 4.90 Å². The fraction of sp³-hybridized carbons (Fsp3) is 0.500. The van der Waals surface area contributed by atoms with Gasteiger partial charge in [0, 0.05) is 18.7 Å². The van der Waals surface area contributed by atoms with Gasteiger partial charge in [-0.05, 0) is 25.5 Å². The highest BCUT2D eigenvalue weighted by atomic mass is 32.2. The average Bonchev–Trinajstić information content (AvgIpc) is 2.46. The molecule has 0 heterocycles. The summed E-state index contributed by atoms with van der Waals surface area (Å²) in [7, 11) is -3.97. The molecule has 0 amide bonds. The summed E-state index contributed by atoms with van der Waals surface area (Å²) in [5.74, 6) is 5.25. The molecule has 0 bridgehead atoms. The molecule has 0 fully saturated rings. The second kappa shape index (κ2) is 6.83. The summed E-state index contributed by atoms with van der Waals surface area (Å²) < 4.78 is 26.7. The van der Waals surface area contributed by atoms with Crippen LogP contribution in [0.1, 0.15) is 27.2 Å². The van der Waals surface area contributed by atoms with Crippen molar-refractivity contribution < 1.29 is 13.3 Å². The Kier molecular flexibility index (Phi) is 5.64. The predicted octanol–water partition coefficient (Wildman–Crippen LogP) is 1.69. The molecule has 118 valence electrons. The number of nitro benzene ring substituents is 1. The van der Waals surface area contributed by atoms with E-state index in [0.29, 0.717) is 12.1 Å². The lowest BCUT2D eigenvalue weighted by molar-refractivity contribution is -0.387. The summed E-state index contributed by atoms with van der Waals surface area (Å²) in [6.45, 7) is 5.54. The van der Waals surface area contributed by atoms with Crippen molar-refractivity contribution in [2.45, 2.75) is 38.1 Å². The zero-order chi connectivity index (χ0) is 16.2. The van der Waals surface area contributed by atoms with Crippen LogP contribution in [0, 0.1) is 10.1 Å². The molecule has 0 aliphatic heterocycles. The minimum Gasteiger partial charge on any atom is -0.324 e. The van der Waals surface area contributed by atoms with Crippen molar-refractivity contribution in [3.63, 3.8) is 0 Å². The molecule has 1 atom stereocenters. The van der Waals surface area contributed by atoms with Crippen LogP contribution in [0.2, 0.25) is 0 Å². The summed E-state index contributed by atoms with van der Waals surface area (Å²) in [6, 6.07) is 3.41. The number of sulfonamides is 1. The number of nitro groups is 1. The molecule has 0 aromatic heterocycles. The molecule has 1 aromatic carbocycles. The maximum absolute atomic E-state index is 12.7. The first-order chi connectivity index (χ1) is 9.79. The zero-order valence-electron chi connectivity index (χ0n) is 12.2. The quantitative estimate of drug-likeness (QED) is 0.449. The zero-order valence-corrected chi connectivity index (χ0v) is 13.1. The molecule has 0 radical (unpaired) electrons. The van der Waals surface area contributed by atoms with Crippen molar-refractivity contribution >= 4 is 21.4 Å². The molecule has 0 aliphatic rings.